The van der Waals surface area contributed by atoms with Gasteiger partial charge in [0.1, 0.15) is 24.0 Å². The molecule has 0 fully saturated rings. The smallest absolute Gasteiger partial charge is 0.269 e. The SMILES string of the molecule is Cc1ccc(NC(=O)/C(C#N)=C/c2ccc(OCc3cccc([N+](=O)[O-])c3)cc2)c(C)c1. The summed E-state index contributed by atoms with van der Waals surface area (Å²) in [6.07, 6.45) is 1.50. The fourth-order valence-electron chi connectivity index (χ4n) is 3.05. The lowest BCUT2D eigenvalue weighted by atomic mass is 10.1. The standard InChI is InChI=1S/C25H21N3O4/c1-17-6-11-24(18(2)12-17)27-25(29)21(15-26)13-19-7-9-23(10-8-19)32-16-20-4-3-5-22(14-20)28(30)31/h3-14H,16H2,1-2H3,(H,27,29)/b21-13+. The van der Waals surface area contributed by atoms with Crippen molar-refractivity contribution in [1.29, 1.82) is 5.26 Å². The number of ether oxygens (including phenoxy) is 1. The van der Waals surface area contributed by atoms with Crippen LogP contribution in [-0.2, 0) is 11.4 Å². The van der Waals surface area contributed by atoms with Gasteiger partial charge in [0.2, 0.25) is 0 Å². The summed E-state index contributed by atoms with van der Waals surface area (Å²) in [6, 6.07) is 20.7. The molecule has 0 radical (unpaired) electrons. The van der Waals surface area contributed by atoms with Crippen molar-refractivity contribution in [2.75, 3.05) is 5.32 Å². The monoisotopic (exact) mass is 427 g/mol. The first-order valence-electron chi connectivity index (χ1n) is 9.82. The number of nitrogens with one attached hydrogen (secondary N) is 1. The van der Waals surface area contributed by atoms with Crippen LogP contribution in [0, 0.1) is 35.3 Å². The molecule has 32 heavy (non-hydrogen) atoms. The molecular weight excluding hydrogens is 406 g/mol. The van der Waals surface area contributed by atoms with Crippen LogP contribution in [0.15, 0.2) is 72.3 Å². The molecule has 0 aliphatic rings. The number of carbonyl (C=O) groups excluding carboxylic acids is 1. The van der Waals surface area contributed by atoms with Crippen molar-refractivity contribution in [3.8, 4) is 11.8 Å². The van der Waals surface area contributed by atoms with Crippen LogP contribution in [0.4, 0.5) is 11.4 Å². The Balaban J connectivity index is 1.66. The Morgan fingerprint density at radius 3 is 2.53 bits per heavy atom. The van der Waals surface area contributed by atoms with Crippen LogP contribution < -0.4 is 10.1 Å². The second-order valence-electron chi connectivity index (χ2n) is 7.23. The Kier molecular flexibility index (Phi) is 6.99. The van der Waals surface area contributed by atoms with E-state index in [0.29, 0.717) is 22.6 Å². The number of nitriles is 1. The zero-order valence-corrected chi connectivity index (χ0v) is 17.7. The minimum Gasteiger partial charge on any atom is -0.489 e. The topological polar surface area (TPSA) is 105 Å². The fourth-order valence-corrected chi connectivity index (χ4v) is 3.05. The molecule has 3 aromatic carbocycles. The Morgan fingerprint density at radius 2 is 1.88 bits per heavy atom. The van der Waals surface area contributed by atoms with Crippen LogP contribution in [-0.4, -0.2) is 10.8 Å². The number of amides is 1. The maximum atomic E-state index is 12.5. The van der Waals surface area contributed by atoms with Gasteiger partial charge in [0.15, 0.2) is 0 Å². The van der Waals surface area contributed by atoms with E-state index in [2.05, 4.69) is 5.32 Å². The first-order valence-corrected chi connectivity index (χ1v) is 9.82. The molecule has 7 heteroatoms. The van der Waals surface area contributed by atoms with Crippen LogP contribution in [0.5, 0.6) is 5.75 Å². The number of nitro benzene ring substituents is 1. The van der Waals surface area contributed by atoms with Crippen molar-refractivity contribution in [2.24, 2.45) is 0 Å². The quantitative estimate of drug-likeness (QED) is 0.237. The van der Waals surface area contributed by atoms with Crippen molar-refractivity contribution in [2.45, 2.75) is 20.5 Å². The number of aryl methyl sites for hydroxylation is 2. The Morgan fingerprint density at radius 1 is 1.12 bits per heavy atom. The zero-order valence-electron chi connectivity index (χ0n) is 17.7. The second kappa shape index (κ2) is 10.0. The van der Waals surface area contributed by atoms with Gasteiger partial charge in [-0.3, -0.25) is 14.9 Å². The summed E-state index contributed by atoms with van der Waals surface area (Å²) in [5, 5.41) is 23.1. The number of nitro groups is 1. The van der Waals surface area contributed by atoms with E-state index >= 15 is 0 Å². The third kappa shape index (κ3) is 5.80. The number of benzene rings is 3. The van der Waals surface area contributed by atoms with Gasteiger partial charge in [-0.15, -0.1) is 0 Å². The molecule has 0 spiro atoms. The van der Waals surface area contributed by atoms with Gasteiger partial charge in [-0.05, 0) is 54.8 Å². The largest absolute Gasteiger partial charge is 0.489 e. The number of nitrogens with zero attached hydrogens (tertiary/aromatic N) is 2. The van der Waals surface area contributed by atoms with E-state index in [1.807, 2.05) is 38.1 Å². The van der Waals surface area contributed by atoms with Crippen molar-refractivity contribution in [3.63, 3.8) is 0 Å². The van der Waals surface area contributed by atoms with Crippen LogP contribution >= 0.6 is 0 Å². The first kappa shape index (κ1) is 22.2. The molecule has 0 aliphatic carbocycles. The highest BCUT2D eigenvalue weighted by atomic mass is 16.6. The molecule has 3 rings (SSSR count). The van der Waals surface area contributed by atoms with Crippen molar-refractivity contribution in [1.82, 2.24) is 0 Å². The van der Waals surface area contributed by atoms with Crippen molar-refractivity contribution in [3.05, 3.63) is 105 Å². The zero-order chi connectivity index (χ0) is 23.1. The minimum absolute atomic E-state index is 0.00901. The highest BCUT2D eigenvalue weighted by Gasteiger charge is 2.11. The molecule has 1 amide bonds. The number of rotatable bonds is 7. The summed E-state index contributed by atoms with van der Waals surface area (Å²) in [5.74, 6) is 0.0809. The molecule has 0 saturated heterocycles. The molecule has 0 saturated carbocycles. The molecular formula is C25H21N3O4. The molecule has 0 atom stereocenters. The van der Waals surface area contributed by atoms with E-state index in [-0.39, 0.29) is 17.9 Å². The van der Waals surface area contributed by atoms with Gasteiger partial charge >= 0.3 is 0 Å². The molecule has 3 aromatic rings. The molecule has 1 N–H and O–H groups in total. The van der Waals surface area contributed by atoms with Crippen molar-refractivity contribution >= 4 is 23.4 Å². The molecule has 0 aliphatic heterocycles. The maximum absolute atomic E-state index is 12.5. The Hall–Kier alpha value is -4.44. The first-order chi connectivity index (χ1) is 15.4. The summed E-state index contributed by atoms with van der Waals surface area (Å²) < 4.78 is 5.67. The molecule has 160 valence electrons. The lowest BCUT2D eigenvalue weighted by Crippen LogP contribution is -2.14. The lowest BCUT2D eigenvalue weighted by Gasteiger charge is -2.09. The van der Waals surface area contributed by atoms with Crippen LogP contribution in [0.25, 0.3) is 6.08 Å². The predicted octanol–water partition coefficient (Wildman–Crippen LogP) is 5.34. The predicted molar refractivity (Wildman–Crippen MR) is 122 cm³/mol. The van der Waals surface area contributed by atoms with Gasteiger partial charge in [0, 0.05) is 17.8 Å². The van der Waals surface area contributed by atoms with Gasteiger partial charge < -0.3 is 10.1 Å². The van der Waals surface area contributed by atoms with E-state index in [0.717, 1.165) is 11.1 Å². The number of hydrogen-bond donors (Lipinski definition) is 1. The van der Waals surface area contributed by atoms with Gasteiger partial charge in [0.25, 0.3) is 11.6 Å². The molecule has 0 bridgehead atoms. The summed E-state index contributed by atoms with van der Waals surface area (Å²) in [4.78, 5) is 22.9. The molecule has 0 aromatic heterocycles. The van der Waals surface area contributed by atoms with E-state index in [1.54, 1.807) is 36.4 Å². The van der Waals surface area contributed by atoms with Crippen LogP contribution in [0.3, 0.4) is 0 Å². The van der Waals surface area contributed by atoms with Crippen LogP contribution in [0.2, 0.25) is 0 Å². The highest BCUT2D eigenvalue weighted by molar-refractivity contribution is 6.09. The Bertz CT molecular complexity index is 1220. The second-order valence-corrected chi connectivity index (χ2v) is 7.23. The minimum atomic E-state index is -0.481. The van der Waals surface area contributed by atoms with E-state index in [9.17, 15) is 20.2 Å². The summed E-state index contributed by atoms with van der Waals surface area (Å²) in [7, 11) is 0. The Labute approximate surface area is 185 Å². The van der Waals surface area contributed by atoms with E-state index in [4.69, 9.17) is 4.74 Å². The summed E-state index contributed by atoms with van der Waals surface area (Å²) >= 11 is 0. The van der Waals surface area contributed by atoms with Gasteiger partial charge in [-0.25, -0.2) is 0 Å². The number of hydrogen-bond acceptors (Lipinski definition) is 5. The molecule has 7 nitrogen and oxygen atoms in total. The summed E-state index contributed by atoms with van der Waals surface area (Å²) in [6.45, 7) is 4.04. The fraction of sp³-hybridized carbons (Fsp3) is 0.120. The third-order valence-corrected chi connectivity index (χ3v) is 4.71. The van der Waals surface area contributed by atoms with Gasteiger partial charge in [0.05, 0.1) is 4.92 Å². The van der Waals surface area contributed by atoms with Gasteiger partial charge in [-0.1, -0.05) is 42.0 Å². The third-order valence-electron chi connectivity index (χ3n) is 4.71. The highest BCUT2D eigenvalue weighted by Crippen LogP contribution is 2.20. The van der Waals surface area contributed by atoms with Crippen LogP contribution in [0.1, 0.15) is 22.3 Å². The average molecular weight is 427 g/mol. The van der Waals surface area contributed by atoms with E-state index in [1.165, 1.54) is 18.2 Å². The normalized spacial score (nSPS) is 10.8. The number of non-ortho nitro benzene ring substituents is 1. The number of anilines is 1. The molecule has 0 unspecified atom stereocenters. The van der Waals surface area contributed by atoms with Crippen molar-refractivity contribution < 1.29 is 14.5 Å². The number of carbonyl (C=O) groups is 1. The van der Waals surface area contributed by atoms with E-state index < -0.39 is 10.8 Å². The lowest BCUT2D eigenvalue weighted by molar-refractivity contribution is -0.384. The average Bonchev–Trinajstić information content (AvgIpc) is 2.78. The van der Waals surface area contributed by atoms with Gasteiger partial charge in [-0.2, -0.15) is 5.26 Å². The summed E-state index contributed by atoms with van der Waals surface area (Å²) in [5.41, 5.74) is 4.00. The maximum Gasteiger partial charge on any atom is 0.269 e. The molecule has 0 heterocycles.